The van der Waals surface area contributed by atoms with Crippen molar-refractivity contribution in [2.75, 3.05) is 5.73 Å². The maximum absolute atomic E-state index is 12.4. The summed E-state index contributed by atoms with van der Waals surface area (Å²) in [6, 6.07) is 4.70. The van der Waals surface area contributed by atoms with Gasteiger partial charge in [0, 0.05) is 23.6 Å². The summed E-state index contributed by atoms with van der Waals surface area (Å²) in [4.78, 5) is 23.7. The van der Waals surface area contributed by atoms with Crippen LogP contribution in [0.15, 0.2) is 18.2 Å². The molecule has 1 aromatic carbocycles. The van der Waals surface area contributed by atoms with Crippen LogP contribution in [0, 0.1) is 5.92 Å². The van der Waals surface area contributed by atoms with Crippen LogP contribution >= 0.6 is 11.6 Å². The molecule has 1 aliphatic rings. The third-order valence-corrected chi connectivity index (χ3v) is 4.14. The lowest BCUT2D eigenvalue weighted by Gasteiger charge is -2.30. The quantitative estimate of drug-likeness (QED) is 0.506. The highest BCUT2D eigenvalue weighted by molar-refractivity contribution is 6.31. The van der Waals surface area contributed by atoms with Crippen molar-refractivity contribution in [1.29, 1.82) is 0 Å². The number of nitrogens with two attached hydrogens (primary N) is 1. The van der Waals surface area contributed by atoms with Crippen molar-refractivity contribution >= 4 is 29.2 Å². The smallest absolute Gasteiger partial charge is 0.304 e. The summed E-state index contributed by atoms with van der Waals surface area (Å²) in [5.41, 5.74) is 6.46. The van der Waals surface area contributed by atoms with Gasteiger partial charge in [-0.25, -0.2) is 0 Å². The van der Waals surface area contributed by atoms with Crippen LogP contribution in [-0.4, -0.2) is 18.1 Å². The largest absolute Gasteiger partial charge is 0.442 e. The van der Waals surface area contributed by atoms with Crippen LogP contribution in [0.25, 0.3) is 0 Å². The lowest BCUT2D eigenvalue weighted by molar-refractivity contribution is -0.151. The predicted octanol–water partition coefficient (Wildman–Crippen LogP) is 3.12. The second-order valence-corrected chi connectivity index (χ2v) is 6.07. The molecule has 1 aliphatic carbocycles. The molecule has 1 fully saturated rings. The number of carbonyl (C=O) groups excluding carboxylic acids is 2. The minimum Gasteiger partial charge on any atom is -0.442 e. The topological polar surface area (TPSA) is 81.4 Å². The first kappa shape index (κ1) is 16.6. The second kappa shape index (κ2) is 7.49. The number of ether oxygens (including phenoxy) is 1. The number of rotatable bonds is 4. The molecule has 0 unspecified atom stereocenters. The van der Waals surface area contributed by atoms with Crippen LogP contribution < -0.4 is 11.1 Å². The minimum absolute atomic E-state index is 0.148. The SMILES string of the molecule is CC(=O)O[C@H](NC(=O)c1ccc(Cl)cc1N)C1CCCCC1. The molecule has 0 aliphatic heterocycles. The highest BCUT2D eigenvalue weighted by Gasteiger charge is 2.28. The van der Waals surface area contributed by atoms with Gasteiger partial charge in [-0.2, -0.15) is 0 Å². The highest BCUT2D eigenvalue weighted by atomic mass is 35.5. The van der Waals surface area contributed by atoms with Crippen molar-refractivity contribution in [2.45, 2.75) is 45.3 Å². The molecule has 5 nitrogen and oxygen atoms in total. The predicted molar refractivity (Wildman–Crippen MR) is 85.5 cm³/mol. The number of hydrogen-bond donors (Lipinski definition) is 2. The Morgan fingerprint density at radius 1 is 1.32 bits per heavy atom. The Hall–Kier alpha value is -1.75. The first-order valence-electron chi connectivity index (χ1n) is 7.50. The summed E-state index contributed by atoms with van der Waals surface area (Å²) in [7, 11) is 0. The number of anilines is 1. The molecular weight excluding hydrogens is 304 g/mol. The van der Waals surface area contributed by atoms with Crippen molar-refractivity contribution < 1.29 is 14.3 Å². The maximum Gasteiger partial charge on any atom is 0.304 e. The number of nitrogen functional groups attached to an aromatic ring is 1. The zero-order chi connectivity index (χ0) is 16.1. The summed E-state index contributed by atoms with van der Waals surface area (Å²) in [5.74, 6) is -0.610. The van der Waals surface area contributed by atoms with E-state index in [-0.39, 0.29) is 11.8 Å². The third kappa shape index (κ3) is 4.37. The standard InChI is InChI=1S/C16H21ClN2O3/c1-10(20)22-16(11-5-3-2-4-6-11)19-15(21)13-8-7-12(17)9-14(13)18/h7-9,11,16H,2-6,18H2,1H3,(H,19,21)/t16-/m0/s1. The van der Waals surface area contributed by atoms with Crippen LogP contribution in [0.2, 0.25) is 5.02 Å². The number of halogens is 1. The van der Waals surface area contributed by atoms with Gasteiger partial charge in [-0.1, -0.05) is 30.9 Å². The zero-order valence-electron chi connectivity index (χ0n) is 12.6. The molecule has 0 heterocycles. The minimum atomic E-state index is -0.611. The van der Waals surface area contributed by atoms with Gasteiger partial charge in [-0.15, -0.1) is 0 Å². The molecule has 1 aromatic rings. The average molecular weight is 325 g/mol. The molecular formula is C16H21ClN2O3. The van der Waals surface area contributed by atoms with Crippen LogP contribution in [-0.2, 0) is 9.53 Å². The van der Waals surface area contributed by atoms with E-state index in [4.69, 9.17) is 22.1 Å². The Labute approximate surface area is 135 Å². The lowest BCUT2D eigenvalue weighted by Crippen LogP contribution is -2.44. The van der Waals surface area contributed by atoms with Crippen LogP contribution in [0.4, 0.5) is 5.69 Å². The molecule has 0 spiro atoms. The van der Waals surface area contributed by atoms with Crippen molar-refractivity contribution in [3.63, 3.8) is 0 Å². The molecule has 1 amide bonds. The normalized spacial score (nSPS) is 16.8. The third-order valence-electron chi connectivity index (χ3n) is 3.90. The van der Waals surface area contributed by atoms with Crippen LogP contribution in [0.1, 0.15) is 49.4 Å². The number of benzene rings is 1. The fraction of sp³-hybridized carbons (Fsp3) is 0.500. The summed E-state index contributed by atoms with van der Waals surface area (Å²) in [6.07, 6.45) is 4.62. The number of nitrogens with one attached hydrogen (secondary N) is 1. The molecule has 120 valence electrons. The van der Waals surface area contributed by atoms with E-state index in [0.29, 0.717) is 16.3 Å². The van der Waals surface area contributed by atoms with Gasteiger partial charge in [-0.05, 0) is 31.0 Å². The van der Waals surface area contributed by atoms with E-state index in [1.54, 1.807) is 12.1 Å². The van der Waals surface area contributed by atoms with E-state index in [2.05, 4.69) is 5.32 Å². The molecule has 1 atom stereocenters. The molecule has 0 saturated heterocycles. The maximum atomic E-state index is 12.4. The molecule has 3 N–H and O–H groups in total. The van der Waals surface area contributed by atoms with E-state index < -0.39 is 12.2 Å². The summed E-state index contributed by atoms with van der Waals surface area (Å²) in [6.45, 7) is 1.35. The van der Waals surface area contributed by atoms with Crippen LogP contribution in [0.3, 0.4) is 0 Å². The number of carbonyl (C=O) groups is 2. The fourth-order valence-electron chi connectivity index (χ4n) is 2.81. The van der Waals surface area contributed by atoms with Crippen molar-refractivity contribution in [3.05, 3.63) is 28.8 Å². The fourth-order valence-corrected chi connectivity index (χ4v) is 2.99. The van der Waals surface area contributed by atoms with Crippen molar-refractivity contribution in [2.24, 2.45) is 5.92 Å². The van der Waals surface area contributed by atoms with Gasteiger partial charge in [0.25, 0.3) is 5.91 Å². The Morgan fingerprint density at radius 2 is 2.00 bits per heavy atom. The average Bonchev–Trinajstić information content (AvgIpc) is 2.46. The summed E-state index contributed by atoms with van der Waals surface area (Å²) in [5, 5.41) is 3.26. The van der Waals surface area contributed by atoms with Gasteiger partial charge in [0.1, 0.15) is 0 Å². The van der Waals surface area contributed by atoms with E-state index in [0.717, 1.165) is 25.7 Å². The van der Waals surface area contributed by atoms with Gasteiger partial charge in [0.2, 0.25) is 0 Å². The zero-order valence-corrected chi connectivity index (χ0v) is 13.4. The second-order valence-electron chi connectivity index (χ2n) is 5.63. The number of hydrogen-bond acceptors (Lipinski definition) is 4. The summed E-state index contributed by atoms with van der Waals surface area (Å²) >= 11 is 5.84. The van der Waals surface area contributed by atoms with E-state index in [1.807, 2.05) is 0 Å². The van der Waals surface area contributed by atoms with Gasteiger partial charge in [0.05, 0.1) is 5.56 Å². The Morgan fingerprint density at radius 3 is 2.59 bits per heavy atom. The Kier molecular flexibility index (Phi) is 5.66. The molecule has 0 aromatic heterocycles. The molecule has 0 radical (unpaired) electrons. The molecule has 22 heavy (non-hydrogen) atoms. The number of amides is 1. The Bertz CT molecular complexity index is 556. The van der Waals surface area contributed by atoms with E-state index >= 15 is 0 Å². The van der Waals surface area contributed by atoms with Crippen LogP contribution in [0.5, 0.6) is 0 Å². The lowest BCUT2D eigenvalue weighted by atomic mass is 9.88. The molecule has 1 saturated carbocycles. The Balaban J connectivity index is 2.11. The van der Waals surface area contributed by atoms with Crippen molar-refractivity contribution in [1.82, 2.24) is 5.32 Å². The molecule has 6 heteroatoms. The van der Waals surface area contributed by atoms with Gasteiger partial charge in [-0.3, -0.25) is 9.59 Å². The first-order chi connectivity index (χ1) is 10.5. The van der Waals surface area contributed by atoms with Gasteiger partial charge >= 0.3 is 5.97 Å². The monoisotopic (exact) mass is 324 g/mol. The van der Waals surface area contributed by atoms with Crippen molar-refractivity contribution in [3.8, 4) is 0 Å². The van der Waals surface area contributed by atoms with E-state index in [9.17, 15) is 9.59 Å². The summed E-state index contributed by atoms with van der Waals surface area (Å²) < 4.78 is 5.31. The molecule has 0 bridgehead atoms. The number of esters is 1. The highest BCUT2D eigenvalue weighted by Crippen LogP contribution is 2.27. The first-order valence-corrected chi connectivity index (χ1v) is 7.88. The van der Waals surface area contributed by atoms with Gasteiger partial charge < -0.3 is 15.8 Å². The van der Waals surface area contributed by atoms with E-state index in [1.165, 1.54) is 19.4 Å². The van der Waals surface area contributed by atoms with Gasteiger partial charge in [0.15, 0.2) is 6.23 Å². The molecule has 2 rings (SSSR count).